The molecule has 5 heteroatoms. The zero-order chi connectivity index (χ0) is 16.0. The molecule has 23 heavy (non-hydrogen) atoms. The van der Waals surface area contributed by atoms with Gasteiger partial charge >= 0.3 is 0 Å². The van der Waals surface area contributed by atoms with Crippen molar-refractivity contribution in [3.05, 3.63) is 59.2 Å². The zero-order valence-electron chi connectivity index (χ0n) is 12.8. The average Bonchev–Trinajstić information content (AvgIpc) is 3.10. The lowest BCUT2D eigenvalue weighted by Gasteiger charge is -2.18. The Kier molecular flexibility index (Phi) is 3.15. The first kappa shape index (κ1) is 13.9. The maximum atomic E-state index is 13.3. The smallest absolute Gasteiger partial charge is 0.159 e. The van der Waals surface area contributed by atoms with Crippen LogP contribution >= 0.6 is 0 Å². The fraction of sp³-hybridized carbons (Fsp3) is 0.222. The highest BCUT2D eigenvalue weighted by atomic mass is 19.1. The number of aromatic nitrogens is 2. The second kappa shape index (κ2) is 5.19. The lowest BCUT2D eigenvalue weighted by atomic mass is 10.1. The number of fused-ring (bicyclic) bond motifs is 2. The summed E-state index contributed by atoms with van der Waals surface area (Å²) >= 11 is 0. The molecule has 0 unspecified atom stereocenters. The second-order valence-electron chi connectivity index (χ2n) is 5.92. The van der Waals surface area contributed by atoms with Crippen LogP contribution in [0.2, 0.25) is 0 Å². The van der Waals surface area contributed by atoms with Crippen molar-refractivity contribution in [1.29, 1.82) is 0 Å². The number of rotatable bonds is 3. The molecule has 2 aromatic carbocycles. The monoisotopic (exact) mass is 309 g/mol. The van der Waals surface area contributed by atoms with Gasteiger partial charge < -0.3 is 9.88 Å². The van der Waals surface area contributed by atoms with Gasteiger partial charge in [0, 0.05) is 17.8 Å². The molecule has 0 spiro atoms. The maximum Gasteiger partial charge on any atom is 0.159 e. The molecule has 1 N–H and O–H groups in total. The summed E-state index contributed by atoms with van der Waals surface area (Å²) in [7, 11) is 0. The summed E-state index contributed by atoms with van der Waals surface area (Å²) in [6, 6.07) is 10.4. The molecule has 0 fully saturated rings. The zero-order valence-corrected chi connectivity index (χ0v) is 12.8. The number of benzene rings is 2. The molecule has 0 atom stereocenters. The van der Waals surface area contributed by atoms with E-state index in [0.29, 0.717) is 12.1 Å². The van der Waals surface area contributed by atoms with Crippen molar-refractivity contribution in [1.82, 2.24) is 9.97 Å². The number of anilines is 1. The fourth-order valence-corrected chi connectivity index (χ4v) is 3.14. The van der Waals surface area contributed by atoms with Crippen LogP contribution in [0.3, 0.4) is 0 Å². The SMILES string of the molecule is CC(=O)c1ccc2c(c1)CCN2Cc1nc2ccc(F)cc2[nH]1. The number of hydrogen-bond donors (Lipinski definition) is 1. The van der Waals surface area contributed by atoms with E-state index in [1.807, 2.05) is 18.2 Å². The Hall–Kier alpha value is -2.69. The lowest BCUT2D eigenvalue weighted by molar-refractivity contribution is 0.101. The van der Waals surface area contributed by atoms with Gasteiger partial charge in [-0.2, -0.15) is 0 Å². The van der Waals surface area contributed by atoms with Crippen LogP contribution in [-0.2, 0) is 13.0 Å². The van der Waals surface area contributed by atoms with Gasteiger partial charge in [-0.25, -0.2) is 9.37 Å². The van der Waals surface area contributed by atoms with Crippen LogP contribution < -0.4 is 4.90 Å². The molecule has 1 aliphatic heterocycles. The number of ketones is 1. The van der Waals surface area contributed by atoms with E-state index in [2.05, 4.69) is 14.9 Å². The van der Waals surface area contributed by atoms with Gasteiger partial charge in [0.25, 0.3) is 0 Å². The van der Waals surface area contributed by atoms with Crippen LogP contribution in [-0.4, -0.2) is 22.3 Å². The summed E-state index contributed by atoms with van der Waals surface area (Å²) < 4.78 is 13.3. The highest BCUT2D eigenvalue weighted by molar-refractivity contribution is 5.94. The van der Waals surface area contributed by atoms with Crippen molar-refractivity contribution < 1.29 is 9.18 Å². The highest BCUT2D eigenvalue weighted by Gasteiger charge is 2.21. The van der Waals surface area contributed by atoms with Crippen LogP contribution in [0.25, 0.3) is 11.0 Å². The first-order valence-corrected chi connectivity index (χ1v) is 7.63. The Balaban J connectivity index is 1.62. The van der Waals surface area contributed by atoms with Crippen LogP contribution in [0, 0.1) is 5.82 Å². The molecule has 0 radical (unpaired) electrons. The normalized spacial score (nSPS) is 13.6. The number of H-pyrrole nitrogens is 1. The number of aromatic amines is 1. The number of nitrogens with one attached hydrogen (secondary N) is 1. The molecular weight excluding hydrogens is 293 g/mol. The molecule has 4 nitrogen and oxygen atoms in total. The Labute approximate surface area is 133 Å². The van der Waals surface area contributed by atoms with Crippen molar-refractivity contribution in [2.45, 2.75) is 19.9 Å². The third kappa shape index (κ3) is 2.48. The number of carbonyl (C=O) groups excluding carboxylic acids is 1. The van der Waals surface area contributed by atoms with Crippen LogP contribution in [0.5, 0.6) is 0 Å². The molecule has 116 valence electrons. The topological polar surface area (TPSA) is 49.0 Å². The minimum Gasteiger partial charge on any atom is -0.364 e. The van der Waals surface area contributed by atoms with Gasteiger partial charge in [0.05, 0.1) is 17.6 Å². The van der Waals surface area contributed by atoms with E-state index >= 15 is 0 Å². The third-order valence-corrected chi connectivity index (χ3v) is 4.31. The lowest BCUT2D eigenvalue weighted by Crippen LogP contribution is -2.20. The molecule has 0 aliphatic carbocycles. The van der Waals surface area contributed by atoms with Crippen LogP contribution in [0.1, 0.15) is 28.7 Å². The molecule has 0 amide bonds. The van der Waals surface area contributed by atoms with Crippen molar-refractivity contribution in [3.8, 4) is 0 Å². The molecule has 0 saturated heterocycles. The number of nitrogens with zero attached hydrogens (tertiary/aromatic N) is 2. The van der Waals surface area contributed by atoms with E-state index in [9.17, 15) is 9.18 Å². The van der Waals surface area contributed by atoms with Crippen molar-refractivity contribution in [2.24, 2.45) is 0 Å². The van der Waals surface area contributed by atoms with Crippen molar-refractivity contribution >= 4 is 22.5 Å². The van der Waals surface area contributed by atoms with E-state index in [0.717, 1.165) is 35.6 Å². The molecule has 1 aromatic heterocycles. The third-order valence-electron chi connectivity index (χ3n) is 4.31. The molecule has 3 aromatic rings. The minimum absolute atomic E-state index is 0.0885. The predicted octanol–water partition coefficient (Wildman–Crippen LogP) is 3.47. The number of imidazole rings is 1. The van der Waals surface area contributed by atoms with Crippen LogP contribution in [0.15, 0.2) is 36.4 Å². The molecule has 2 heterocycles. The fourth-order valence-electron chi connectivity index (χ4n) is 3.14. The Morgan fingerprint density at radius 2 is 2.17 bits per heavy atom. The summed E-state index contributed by atoms with van der Waals surface area (Å²) in [4.78, 5) is 21.4. The first-order chi connectivity index (χ1) is 11.1. The Morgan fingerprint density at radius 3 is 3.00 bits per heavy atom. The van der Waals surface area contributed by atoms with Crippen molar-refractivity contribution in [2.75, 3.05) is 11.4 Å². The van der Waals surface area contributed by atoms with Gasteiger partial charge in [0.1, 0.15) is 11.6 Å². The van der Waals surface area contributed by atoms with Crippen molar-refractivity contribution in [3.63, 3.8) is 0 Å². The summed E-state index contributed by atoms with van der Waals surface area (Å²) in [5.74, 6) is 0.635. The Bertz CT molecular complexity index is 916. The van der Waals surface area contributed by atoms with Crippen LogP contribution in [0.4, 0.5) is 10.1 Å². The van der Waals surface area contributed by atoms with E-state index in [-0.39, 0.29) is 11.6 Å². The number of halogens is 1. The van der Waals surface area contributed by atoms with Gasteiger partial charge in [-0.15, -0.1) is 0 Å². The van der Waals surface area contributed by atoms with Gasteiger partial charge in [-0.05, 0) is 55.3 Å². The molecule has 4 rings (SSSR count). The summed E-state index contributed by atoms with van der Waals surface area (Å²) in [6.07, 6.45) is 0.922. The standard InChI is InChI=1S/C18H16FN3O/c1-11(23)12-2-5-17-13(8-12)6-7-22(17)10-18-20-15-4-3-14(19)9-16(15)21-18/h2-5,8-9H,6-7,10H2,1H3,(H,20,21). The number of Topliss-reactive ketones (excluding diaryl/α,β-unsaturated/α-hetero) is 1. The predicted molar refractivity (Wildman–Crippen MR) is 87.3 cm³/mol. The summed E-state index contributed by atoms with van der Waals surface area (Å²) in [5, 5.41) is 0. The van der Waals surface area contributed by atoms with Gasteiger partial charge in [-0.3, -0.25) is 4.79 Å². The first-order valence-electron chi connectivity index (χ1n) is 7.63. The van der Waals surface area contributed by atoms with E-state index in [4.69, 9.17) is 0 Å². The van der Waals surface area contributed by atoms with Gasteiger partial charge in [0.15, 0.2) is 5.78 Å². The number of carbonyl (C=O) groups is 1. The largest absolute Gasteiger partial charge is 0.364 e. The van der Waals surface area contributed by atoms with E-state index < -0.39 is 0 Å². The average molecular weight is 309 g/mol. The highest BCUT2D eigenvalue weighted by Crippen LogP contribution is 2.30. The Morgan fingerprint density at radius 1 is 1.30 bits per heavy atom. The quantitative estimate of drug-likeness (QED) is 0.754. The molecular formula is C18H16FN3O. The molecule has 0 saturated carbocycles. The number of hydrogen-bond acceptors (Lipinski definition) is 3. The van der Waals surface area contributed by atoms with E-state index in [1.165, 1.54) is 17.7 Å². The summed E-state index contributed by atoms with van der Waals surface area (Å²) in [5.41, 5.74) is 4.57. The minimum atomic E-state index is -0.268. The van der Waals surface area contributed by atoms with Gasteiger partial charge in [0.2, 0.25) is 0 Å². The van der Waals surface area contributed by atoms with Gasteiger partial charge in [-0.1, -0.05) is 0 Å². The molecule has 0 bridgehead atoms. The maximum absolute atomic E-state index is 13.3. The van der Waals surface area contributed by atoms with E-state index in [1.54, 1.807) is 13.0 Å². The molecule has 1 aliphatic rings. The summed E-state index contributed by atoms with van der Waals surface area (Å²) in [6.45, 7) is 3.12. The second-order valence-corrected chi connectivity index (χ2v) is 5.92.